The predicted octanol–water partition coefficient (Wildman–Crippen LogP) is 1.42. The maximum Gasteiger partial charge on any atom is 0.332 e. The van der Waals surface area contributed by atoms with Crippen LogP contribution in [0.1, 0.15) is 32.1 Å². The van der Waals surface area contributed by atoms with Crippen LogP contribution in [-0.2, 0) is 9.53 Å². The lowest BCUT2D eigenvalue weighted by molar-refractivity contribution is -0.151. The Kier molecular flexibility index (Phi) is 2.05. The first-order valence-corrected chi connectivity index (χ1v) is 4.65. The minimum atomic E-state index is -0.795. The molecule has 0 bridgehead atoms. The van der Waals surface area contributed by atoms with E-state index >= 15 is 0 Å². The molecular formula is C9H14O3. The van der Waals surface area contributed by atoms with Gasteiger partial charge < -0.3 is 9.84 Å². The van der Waals surface area contributed by atoms with Crippen molar-refractivity contribution in [1.82, 2.24) is 0 Å². The number of rotatable bonds is 2. The van der Waals surface area contributed by atoms with Gasteiger partial charge in [-0.15, -0.1) is 0 Å². The van der Waals surface area contributed by atoms with Gasteiger partial charge in [-0.3, -0.25) is 0 Å². The van der Waals surface area contributed by atoms with Crippen molar-refractivity contribution in [2.75, 3.05) is 0 Å². The Labute approximate surface area is 71.7 Å². The number of carboxylic acids is 1. The lowest BCUT2D eigenvalue weighted by atomic mass is 9.80. The van der Waals surface area contributed by atoms with E-state index in [9.17, 15) is 4.79 Å². The molecule has 1 saturated carbocycles. The molecule has 1 aliphatic heterocycles. The second-order valence-electron chi connectivity index (χ2n) is 3.77. The second-order valence-corrected chi connectivity index (χ2v) is 3.77. The highest BCUT2D eigenvalue weighted by atomic mass is 16.5. The topological polar surface area (TPSA) is 46.5 Å². The van der Waals surface area contributed by atoms with Crippen LogP contribution >= 0.6 is 0 Å². The zero-order valence-electron chi connectivity index (χ0n) is 7.03. The Balaban J connectivity index is 1.84. The van der Waals surface area contributed by atoms with Gasteiger partial charge in [0.25, 0.3) is 0 Å². The van der Waals surface area contributed by atoms with Crippen LogP contribution in [0, 0.1) is 5.92 Å². The van der Waals surface area contributed by atoms with E-state index in [1.165, 1.54) is 19.3 Å². The summed E-state index contributed by atoms with van der Waals surface area (Å²) in [5.74, 6) is -0.133. The summed E-state index contributed by atoms with van der Waals surface area (Å²) >= 11 is 0. The van der Waals surface area contributed by atoms with Gasteiger partial charge in [0.15, 0.2) is 6.10 Å². The van der Waals surface area contributed by atoms with Crippen LogP contribution in [0.25, 0.3) is 0 Å². The van der Waals surface area contributed by atoms with Gasteiger partial charge in [-0.25, -0.2) is 4.79 Å². The molecule has 2 unspecified atom stereocenters. The lowest BCUT2D eigenvalue weighted by Gasteiger charge is -2.30. The average Bonchev–Trinajstić information content (AvgIpc) is 2.32. The minimum Gasteiger partial charge on any atom is -0.479 e. The summed E-state index contributed by atoms with van der Waals surface area (Å²) < 4.78 is 5.43. The zero-order chi connectivity index (χ0) is 8.55. The third-order valence-electron chi connectivity index (χ3n) is 3.00. The number of carboxylic acid groups (broad SMARTS) is 1. The van der Waals surface area contributed by atoms with E-state index in [1.54, 1.807) is 0 Å². The van der Waals surface area contributed by atoms with Crippen molar-refractivity contribution < 1.29 is 14.6 Å². The molecule has 12 heavy (non-hydrogen) atoms. The Morgan fingerprint density at radius 1 is 1.25 bits per heavy atom. The number of aliphatic carboxylic acids is 1. The van der Waals surface area contributed by atoms with Crippen LogP contribution in [0.3, 0.4) is 0 Å². The van der Waals surface area contributed by atoms with Crippen molar-refractivity contribution in [3.8, 4) is 0 Å². The number of ether oxygens (including phenoxy) is 1. The smallest absolute Gasteiger partial charge is 0.332 e. The molecule has 2 atom stereocenters. The quantitative estimate of drug-likeness (QED) is 0.681. The SMILES string of the molecule is O=C(O)C1CCC(C2CCC2)O1. The highest BCUT2D eigenvalue weighted by Gasteiger charge is 2.37. The monoisotopic (exact) mass is 170 g/mol. The lowest BCUT2D eigenvalue weighted by Crippen LogP contribution is -2.28. The van der Waals surface area contributed by atoms with E-state index in [0.717, 1.165) is 6.42 Å². The molecule has 0 radical (unpaired) electrons. The molecule has 0 spiro atoms. The van der Waals surface area contributed by atoms with E-state index in [0.29, 0.717) is 12.3 Å². The molecule has 0 aromatic heterocycles. The number of hydrogen-bond donors (Lipinski definition) is 1. The third-order valence-corrected chi connectivity index (χ3v) is 3.00. The van der Waals surface area contributed by atoms with Crippen molar-refractivity contribution in [3.05, 3.63) is 0 Å². The van der Waals surface area contributed by atoms with Crippen molar-refractivity contribution >= 4 is 5.97 Å². The molecule has 0 amide bonds. The van der Waals surface area contributed by atoms with Crippen LogP contribution in [-0.4, -0.2) is 23.3 Å². The van der Waals surface area contributed by atoms with Gasteiger partial charge in [-0.2, -0.15) is 0 Å². The second kappa shape index (κ2) is 3.05. The largest absolute Gasteiger partial charge is 0.479 e. The van der Waals surface area contributed by atoms with Crippen LogP contribution in [0.4, 0.5) is 0 Å². The van der Waals surface area contributed by atoms with E-state index in [4.69, 9.17) is 9.84 Å². The van der Waals surface area contributed by atoms with Gasteiger partial charge in [0.2, 0.25) is 0 Å². The molecular weight excluding hydrogens is 156 g/mol. The van der Waals surface area contributed by atoms with Crippen molar-refractivity contribution in [1.29, 1.82) is 0 Å². The summed E-state index contributed by atoms with van der Waals surface area (Å²) in [6, 6.07) is 0. The maximum atomic E-state index is 10.6. The molecule has 3 nitrogen and oxygen atoms in total. The summed E-state index contributed by atoms with van der Waals surface area (Å²) in [5.41, 5.74) is 0. The summed E-state index contributed by atoms with van der Waals surface area (Å²) in [7, 11) is 0. The van der Waals surface area contributed by atoms with Gasteiger partial charge in [-0.1, -0.05) is 6.42 Å². The van der Waals surface area contributed by atoms with E-state index in [2.05, 4.69) is 0 Å². The summed E-state index contributed by atoms with van der Waals surface area (Å²) in [6.45, 7) is 0. The fourth-order valence-electron chi connectivity index (χ4n) is 2.00. The summed E-state index contributed by atoms with van der Waals surface area (Å²) in [6.07, 6.45) is 5.14. The Morgan fingerprint density at radius 2 is 2.00 bits per heavy atom. The first-order chi connectivity index (χ1) is 5.77. The predicted molar refractivity (Wildman–Crippen MR) is 42.9 cm³/mol. The highest BCUT2D eigenvalue weighted by molar-refractivity contribution is 5.72. The Bertz CT molecular complexity index is 186. The molecule has 1 heterocycles. The molecule has 2 fully saturated rings. The van der Waals surface area contributed by atoms with Crippen molar-refractivity contribution in [2.45, 2.75) is 44.3 Å². The molecule has 0 aromatic rings. The molecule has 0 aromatic carbocycles. The van der Waals surface area contributed by atoms with E-state index in [1.807, 2.05) is 0 Å². The number of hydrogen-bond acceptors (Lipinski definition) is 2. The van der Waals surface area contributed by atoms with Gasteiger partial charge in [-0.05, 0) is 31.6 Å². The standard InChI is InChI=1S/C9H14O3/c10-9(11)8-5-4-7(12-8)6-2-1-3-6/h6-8H,1-5H2,(H,10,11). The Morgan fingerprint density at radius 3 is 2.42 bits per heavy atom. The van der Waals surface area contributed by atoms with E-state index < -0.39 is 12.1 Å². The normalized spacial score (nSPS) is 36.3. The first-order valence-electron chi connectivity index (χ1n) is 4.65. The summed E-state index contributed by atoms with van der Waals surface area (Å²) in [4.78, 5) is 10.6. The zero-order valence-corrected chi connectivity index (χ0v) is 7.03. The maximum absolute atomic E-state index is 10.6. The van der Waals surface area contributed by atoms with Gasteiger partial charge >= 0.3 is 5.97 Å². The van der Waals surface area contributed by atoms with Crippen molar-refractivity contribution in [2.24, 2.45) is 5.92 Å². The van der Waals surface area contributed by atoms with Crippen LogP contribution < -0.4 is 0 Å². The molecule has 1 N–H and O–H groups in total. The van der Waals surface area contributed by atoms with Crippen molar-refractivity contribution in [3.63, 3.8) is 0 Å². The fraction of sp³-hybridized carbons (Fsp3) is 0.889. The minimum absolute atomic E-state index is 0.250. The van der Waals surface area contributed by atoms with Crippen LogP contribution in [0.2, 0.25) is 0 Å². The molecule has 2 rings (SSSR count). The molecule has 1 saturated heterocycles. The third kappa shape index (κ3) is 1.33. The number of carbonyl (C=O) groups is 1. The first kappa shape index (κ1) is 8.05. The van der Waals surface area contributed by atoms with Gasteiger partial charge in [0.05, 0.1) is 6.10 Å². The molecule has 3 heteroatoms. The van der Waals surface area contributed by atoms with Crippen LogP contribution in [0.5, 0.6) is 0 Å². The molecule has 68 valence electrons. The highest BCUT2D eigenvalue weighted by Crippen LogP contribution is 2.37. The van der Waals surface area contributed by atoms with Gasteiger partial charge in [0.1, 0.15) is 0 Å². The molecule has 2 aliphatic rings. The van der Waals surface area contributed by atoms with Crippen LogP contribution in [0.15, 0.2) is 0 Å². The van der Waals surface area contributed by atoms with E-state index in [-0.39, 0.29) is 6.10 Å². The summed E-state index contributed by atoms with van der Waals surface area (Å²) in [5, 5.41) is 8.68. The fourth-order valence-corrected chi connectivity index (χ4v) is 2.00. The van der Waals surface area contributed by atoms with Gasteiger partial charge in [0, 0.05) is 0 Å². The average molecular weight is 170 g/mol. The Hall–Kier alpha value is -0.570. The molecule has 1 aliphatic carbocycles.